The van der Waals surface area contributed by atoms with E-state index in [1.807, 2.05) is 12.4 Å². The van der Waals surface area contributed by atoms with Gasteiger partial charge in [0.1, 0.15) is 0 Å². The average molecular weight is 261 g/mol. The van der Waals surface area contributed by atoms with E-state index in [9.17, 15) is 0 Å². The van der Waals surface area contributed by atoms with Crippen molar-refractivity contribution in [3.8, 4) is 0 Å². The van der Waals surface area contributed by atoms with Gasteiger partial charge in [0.25, 0.3) is 0 Å². The Kier molecular flexibility index (Phi) is 6.19. The lowest BCUT2D eigenvalue weighted by Gasteiger charge is -2.23. The predicted molar refractivity (Wildman–Crippen MR) is 82.3 cm³/mol. The Balaban J connectivity index is 2.24. The lowest BCUT2D eigenvalue weighted by atomic mass is 10.1. The van der Waals surface area contributed by atoms with Crippen LogP contribution in [0.1, 0.15) is 26.3 Å². The maximum absolute atomic E-state index is 4.14. The summed E-state index contributed by atoms with van der Waals surface area (Å²) < 4.78 is 0. The molecular weight excluding hydrogens is 234 g/mol. The summed E-state index contributed by atoms with van der Waals surface area (Å²) in [5.74, 6) is 0. The topological polar surface area (TPSA) is 28.2 Å². The van der Waals surface area contributed by atoms with Crippen LogP contribution >= 0.6 is 0 Å². The highest BCUT2D eigenvalue weighted by Crippen LogP contribution is 2.03. The first-order chi connectivity index (χ1) is 8.87. The fourth-order valence-corrected chi connectivity index (χ4v) is 1.78. The molecule has 1 N–H and O–H groups in total. The zero-order valence-electron chi connectivity index (χ0n) is 12.7. The molecule has 0 amide bonds. The van der Waals surface area contributed by atoms with Gasteiger partial charge in [0, 0.05) is 37.6 Å². The lowest BCUT2D eigenvalue weighted by Crippen LogP contribution is -2.38. The number of hydrogen-bond acceptors (Lipinski definition) is 3. The molecule has 0 saturated heterocycles. The molecule has 0 fully saturated rings. The number of rotatable bonds is 7. The van der Waals surface area contributed by atoms with E-state index in [2.05, 4.69) is 61.7 Å². The van der Waals surface area contributed by atoms with E-state index in [4.69, 9.17) is 0 Å². The van der Waals surface area contributed by atoms with E-state index >= 15 is 0 Å². The van der Waals surface area contributed by atoms with Crippen LogP contribution in [0, 0.1) is 0 Å². The molecule has 1 heterocycles. The molecule has 0 bridgehead atoms. The summed E-state index contributed by atoms with van der Waals surface area (Å²) in [6, 6.07) is 4.15. The van der Waals surface area contributed by atoms with Crippen LogP contribution in [0.3, 0.4) is 0 Å². The van der Waals surface area contributed by atoms with Crippen molar-refractivity contribution in [2.75, 3.05) is 26.7 Å². The summed E-state index contributed by atoms with van der Waals surface area (Å²) in [6.45, 7) is 13.5. The van der Waals surface area contributed by atoms with Gasteiger partial charge in [-0.05, 0) is 57.5 Å². The van der Waals surface area contributed by atoms with Crippen molar-refractivity contribution in [2.45, 2.75) is 32.7 Å². The second-order valence-electron chi connectivity index (χ2n) is 6.20. The minimum atomic E-state index is 0.151. The molecule has 0 saturated carbocycles. The van der Waals surface area contributed by atoms with Crippen LogP contribution in [0.2, 0.25) is 0 Å². The molecule has 0 aromatic carbocycles. The number of hydrogen-bond donors (Lipinski definition) is 1. The van der Waals surface area contributed by atoms with Crippen LogP contribution in [0.4, 0.5) is 0 Å². The van der Waals surface area contributed by atoms with E-state index in [1.54, 1.807) is 0 Å². The van der Waals surface area contributed by atoms with Crippen LogP contribution in [-0.2, 0) is 6.42 Å². The molecule has 1 rings (SSSR count). The lowest BCUT2D eigenvalue weighted by molar-refractivity contribution is 0.357. The van der Waals surface area contributed by atoms with Crippen molar-refractivity contribution >= 4 is 0 Å². The van der Waals surface area contributed by atoms with Gasteiger partial charge in [-0.3, -0.25) is 4.98 Å². The maximum atomic E-state index is 4.14. The van der Waals surface area contributed by atoms with E-state index in [-0.39, 0.29) is 5.54 Å². The molecule has 1 aromatic heterocycles. The van der Waals surface area contributed by atoms with Crippen molar-refractivity contribution in [3.05, 3.63) is 42.2 Å². The van der Waals surface area contributed by atoms with Crippen molar-refractivity contribution in [3.63, 3.8) is 0 Å². The Labute approximate surface area is 117 Å². The molecule has 3 nitrogen and oxygen atoms in total. The van der Waals surface area contributed by atoms with Crippen LogP contribution in [-0.4, -0.2) is 42.1 Å². The first kappa shape index (κ1) is 15.9. The van der Waals surface area contributed by atoms with Gasteiger partial charge >= 0.3 is 0 Å². The summed E-state index contributed by atoms with van der Waals surface area (Å²) in [6.07, 6.45) is 4.75. The molecule has 0 atom stereocenters. The van der Waals surface area contributed by atoms with Crippen LogP contribution in [0.15, 0.2) is 36.7 Å². The summed E-state index contributed by atoms with van der Waals surface area (Å²) in [5.41, 5.74) is 2.71. The van der Waals surface area contributed by atoms with E-state index in [0.717, 1.165) is 26.1 Å². The van der Waals surface area contributed by atoms with E-state index in [1.165, 1.54) is 11.1 Å². The van der Waals surface area contributed by atoms with Gasteiger partial charge in [-0.1, -0.05) is 6.58 Å². The second kappa shape index (κ2) is 7.41. The van der Waals surface area contributed by atoms with Crippen molar-refractivity contribution in [2.24, 2.45) is 0 Å². The molecule has 0 unspecified atom stereocenters. The Hall–Kier alpha value is -1.19. The van der Waals surface area contributed by atoms with Crippen LogP contribution < -0.4 is 5.32 Å². The van der Waals surface area contributed by atoms with Gasteiger partial charge in [-0.15, -0.1) is 0 Å². The monoisotopic (exact) mass is 261 g/mol. The minimum absolute atomic E-state index is 0.151. The SMILES string of the molecule is C=C(CNC(C)(C)C)CN(C)CCc1ccncc1. The van der Waals surface area contributed by atoms with Crippen LogP contribution in [0.5, 0.6) is 0 Å². The molecular formula is C16H27N3. The minimum Gasteiger partial charge on any atom is -0.308 e. The molecule has 0 spiro atoms. The number of nitrogens with zero attached hydrogens (tertiary/aromatic N) is 2. The normalized spacial score (nSPS) is 11.8. The molecule has 0 aliphatic carbocycles. The van der Waals surface area contributed by atoms with Gasteiger partial charge in [-0.25, -0.2) is 0 Å². The number of nitrogens with one attached hydrogen (secondary N) is 1. The first-order valence-corrected chi connectivity index (χ1v) is 6.86. The van der Waals surface area contributed by atoms with Gasteiger partial charge in [0.05, 0.1) is 0 Å². The molecule has 106 valence electrons. The van der Waals surface area contributed by atoms with E-state index < -0.39 is 0 Å². The third-order valence-electron chi connectivity index (χ3n) is 2.89. The van der Waals surface area contributed by atoms with Crippen molar-refractivity contribution < 1.29 is 0 Å². The number of pyridine rings is 1. The second-order valence-corrected chi connectivity index (χ2v) is 6.20. The van der Waals surface area contributed by atoms with Crippen molar-refractivity contribution in [1.82, 2.24) is 15.2 Å². The quantitative estimate of drug-likeness (QED) is 0.764. The van der Waals surface area contributed by atoms with Crippen LogP contribution in [0.25, 0.3) is 0 Å². The van der Waals surface area contributed by atoms with Gasteiger partial charge < -0.3 is 10.2 Å². The molecule has 1 aromatic rings. The molecule has 3 heteroatoms. The highest BCUT2D eigenvalue weighted by molar-refractivity contribution is 5.10. The molecule has 0 aliphatic rings. The highest BCUT2D eigenvalue weighted by atomic mass is 15.1. The zero-order chi connectivity index (χ0) is 14.3. The van der Waals surface area contributed by atoms with E-state index in [0.29, 0.717) is 0 Å². The summed E-state index contributed by atoms with van der Waals surface area (Å²) in [5, 5.41) is 3.47. The maximum Gasteiger partial charge on any atom is 0.0270 e. The summed E-state index contributed by atoms with van der Waals surface area (Å²) >= 11 is 0. The Morgan fingerprint density at radius 3 is 2.53 bits per heavy atom. The molecule has 0 aliphatic heterocycles. The number of likely N-dealkylation sites (N-methyl/N-ethyl adjacent to an activating group) is 1. The predicted octanol–water partition coefficient (Wildman–Crippen LogP) is 2.50. The fraction of sp³-hybridized carbons (Fsp3) is 0.562. The number of aromatic nitrogens is 1. The van der Waals surface area contributed by atoms with Gasteiger partial charge in [0.2, 0.25) is 0 Å². The fourth-order valence-electron chi connectivity index (χ4n) is 1.78. The van der Waals surface area contributed by atoms with Gasteiger partial charge in [-0.2, -0.15) is 0 Å². The standard InChI is InChI=1S/C16H27N3/c1-14(12-18-16(2,3)4)13-19(5)11-8-15-6-9-17-10-7-15/h6-7,9-10,18H,1,8,11-13H2,2-5H3. The Morgan fingerprint density at radius 2 is 1.95 bits per heavy atom. The zero-order valence-corrected chi connectivity index (χ0v) is 12.7. The summed E-state index contributed by atoms with van der Waals surface area (Å²) in [7, 11) is 2.14. The van der Waals surface area contributed by atoms with Crippen molar-refractivity contribution in [1.29, 1.82) is 0 Å². The highest BCUT2D eigenvalue weighted by Gasteiger charge is 2.09. The third kappa shape index (κ3) is 7.75. The average Bonchev–Trinajstić information content (AvgIpc) is 2.34. The first-order valence-electron chi connectivity index (χ1n) is 6.86. The largest absolute Gasteiger partial charge is 0.308 e. The Morgan fingerprint density at radius 1 is 1.32 bits per heavy atom. The van der Waals surface area contributed by atoms with Gasteiger partial charge in [0.15, 0.2) is 0 Å². The third-order valence-corrected chi connectivity index (χ3v) is 2.89. The molecule has 19 heavy (non-hydrogen) atoms. The molecule has 0 radical (unpaired) electrons. The summed E-state index contributed by atoms with van der Waals surface area (Å²) in [4.78, 5) is 6.34. The smallest absolute Gasteiger partial charge is 0.0270 e. The Bertz CT molecular complexity index is 379.